The van der Waals surface area contributed by atoms with Gasteiger partial charge in [0.15, 0.2) is 5.76 Å². The molecule has 0 aromatic heterocycles. The zero-order valence-electron chi connectivity index (χ0n) is 19.2. The lowest BCUT2D eigenvalue weighted by Gasteiger charge is -2.36. The normalized spacial score (nSPS) is 19.6. The van der Waals surface area contributed by atoms with Crippen LogP contribution in [0.2, 0.25) is 0 Å². The van der Waals surface area contributed by atoms with Crippen molar-refractivity contribution < 1.29 is 24.2 Å². The van der Waals surface area contributed by atoms with Crippen LogP contribution in [0.25, 0.3) is 10.5 Å². The summed E-state index contributed by atoms with van der Waals surface area (Å²) in [5, 5.41) is 10.2. The molecule has 0 bridgehead atoms. The van der Waals surface area contributed by atoms with Gasteiger partial charge in [-0.1, -0.05) is 60.7 Å². The summed E-state index contributed by atoms with van der Waals surface area (Å²) in [6.07, 6.45) is 0. The molecule has 7 heteroatoms. The molecule has 176 valence electrons. The number of nitrogens with zero attached hydrogens (tertiary/aromatic N) is 1. The van der Waals surface area contributed by atoms with Gasteiger partial charge in [0.2, 0.25) is 0 Å². The van der Waals surface area contributed by atoms with Gasteiger partial charge in [-0.05, 0) is 35.4 Å². The van der Waals surface area contributed by atoms with Crippen LogP contribution in [0.5, 0.6) is 5.75 Å². The second-order valence-electron chi connectivity index (χ2n) is 8.08. The van der Waals surface area contributed by atoms with Crippen LogP contribution < -0.4 is 9.64 Å². The first-order valence-corrected chi connectivity index (χ1v) is 11.9. The van der Waals surface area contributed by atoms with Crippen molar-refractivity contribution in [1.29, 1.82) is 0 Å². The monoisotopic (exact) mass is 485 g/mol. The fourth-order valence-electron chi connectivity index (χ4n) is 4.56. The van der Waals surface area contributed by atoms with Crippen LogP contribution >= 0.6 is 11.8 Å². The number of amides is 1. The lowest BCUT2D eigenvalue weighted by molar-refractivity contribution is -0.139. The summed E-state index contributed by atoms with van der Waals surface area (Å²) >= 11 is 1.29. The molecule has 5 rings (SSSR count). The summed E-state index contributed by atoms with van der Waals surface area (Å²) < 4.78 is 10.4. The summed E-state index contributed by atoms with van der Waals surface area (Å²) in [7, 11) is 2.88. The molecule has 2 heterocycles. The standard InChI is InChI=1S/C28H23NO5S/c1-33-20-15-13-19(14-16-20)29-23-21(17-9-5-3-6-10-17)25(18-11-7-4-8-12-18)35-26(28(32)34-2)22(23)24(30)27(29)31/h3-16,23,26,30H,1-2H3/t23-,26+/m1/s1. The molecule has 35 heavy (non-hydrogen) atoms. The number of rotatable bonds is 5. The molecule has 2 aliphatic heterocycles. The highest BCUT2D eigenvalue weighted by Crippen LogP contribution is 2.53. The van der Waals surface area contributed by atoms with E-state index in [-0.39, 0.29) is 0 Å². The van der Waals surface area contributed by atoms with E-state index in [2.05, 4.69) is 0 Å². The predicted molar refractivity (Wildman–Crippen MR) is 137 cm³/mol. The number of aliphatic hydroxyl groups excluding tert-OH is 1. The Morgan fingerprint density at radius 2 is 1.49 bits per heavy atom. The van der Waals surface area contributed by atoms with Gasteiger partial charge in [-0.2, -0.15) is 0 Å². The number of benzene rings is 3. The minimum absolute atomic E-state index is 0.334. The van der Waals surface area contributed by atoms with Crippen LogP contribution in [0.4, 0.5) is 5.69 Å². The number of esters is 1. The van der Waals surface area contributed by atoms with Crippen LogP contribution in [0.3, 0.4) is 0 Å². The first kappa shape index (κ1) is 22.8. The van der Waals surface area contributed by atoms with Gasteiger partial charge in [0, 0.05) is 21.7 Å². The highest BCUT2D eigenvalue weighted by molar-refractivity contribution is 8.10. The van der Waals surface area contributed by atoms with Gasteiger partial charge >= 0.3 is 5.97 Å². The Morgan fingerprint density at radius 3 is 2.06 bits per heavy atom. The van der Waals surface area contributed by atoms with Gasteiger partial charge in [0.05, 0.1) is 20.3 Å². The van der Waals surface area contributed by atoms with Crippen molar-refractivity contribution in [3.05, 3.63) is 107 Å². The maximum absolute atomic E-state index is 13.5. The first-order valence-electron chi connectivity index (χ1n) is 11.0. The molecule has 0 radical (unpaired) electrons. The second kappa shape index (κ2) is 9.35. The molecular weight excluding hydrogens is 462 g/mol. The van der Waals surface area contributed by atoms with Crippen LogP contribution in [0, 0.1) is 0 Å². The van der Waals surface area contributed by atoms with E-state index in [0.717, 1.165) is 21.6 Å². The molecule has 3 aromatic carbocycles. The Morgan fingerprint density at radius 1 is 0.886 bits per heavy atom. The minimum atomic E-state index is -0.875. The van der Waals surface area contributed by atoms with Crippen molar-refractivity contribution in [2.24, 2.45) is 0 Å². The summed E-state index contributed by atoms with van der Waals surface area (Å²) in [6, 6.07) is 25.8. The van der Waals surface area contributed by atoms with Crippen LogP contribution in [0.1, 0.15) is 11.1 Å². The first-order chi connectivity index (χ1) is 17.0. The van der Waals surface area contributed by atoms with E-state index < -0.39 is 28.9 Å². The summed E-state index contributed by atoms with van der Waals surface area (Å²) in [6.45, 7) is 0. The van der Waals surface area contributed by atoms with Crippen LogP contribution in [-0.2, 0) is 14.3 Å². The SMILES string of the molecule is COC(=O)[C@H]1SC(c2ccccc2)=C(c2ccccc2)[C@@H]2C1=C(O)C(=O)N2c1ccc(OC)cc1. The molecular formula is C28H23NO5S. The second-order valence-corrected chi connectivity index (χ2v) is 9.19. The number of aliphatic hydroxyl groups is 1. The van der Waals surface area contributed by atoms with Crippen LogP contribution in [0.15, 0.2) is 96.3 Å². The van der Waals surface area contributed by atoms with Gasteiger partial charge < -0.3 is 14.6 Å². The number of fused-ring (bicyclic) bond motifs is 1. The van der Waals surface area contributed by atoms with Crippen molar-refractivity contribution in [1.82, 2.24) is 0 Å². The van der Waals surface area contributed by atoms with Gasteiger partial charge in [-0.15, -0.1) is 11.8 Å². The average molecular weight is 486 g/mol. The molecule has 0 aliphatic carbocycles. The largest absolute Gasteiger partial charge is 0.503 e. The van der Waals surface area contributed by atoms with E-state index in [1.54, 1.807) is 36.3 Å². The van der Waals surface area contributed by atoms with E-state index in [4.69, 9.17) is 9.47 Å². The zero-order valence-corrected chi connectivity index (χ0v) is 20.0. The number of thioether (sulfide) groups is 1. The van der Waals surface area contributed by atoms with Crippen LogP contribution in [-0.4, -0.2) is 42.5 Å². The Hall–Kier alpha value is -3.97. The van der Waals surface area contributed by atoms with Gasteiger partial charge in [0.1, 0.15) is 11.0 Å². The van der Waals surface area contributed by atoms with E-state index in [1.807, 2.05) is 60.7 Å². The average Bonchev–Trinajstić information content (AvgIpc) is 3.18. The predicted octanol–water partition coefficient (Wildman–Crippen LogP) is 5.08. The van der Waals surface area contributed by atoms with Gasteiger partial charge in [-0.3, -0.25) is 14.5 Å². The highest BCUT2D eigenvalue weighted by Gasteiger charge is 2.51. The molecule has 0 fully saturated rings. The van der Waals surface area contributed by atoms with E-state index in [1.165, 1.54) is 18.9 Å². The van der Waals surface area contributed by atoms with Gasteiger partial charge in [0.25, 0.3) is 5.91 Å². The number of carbonyl (C=O) groups excluding carboxylic acids is 2. The number of methoxy groups -OCH3 is 2. The third-order valence-electron chi connectivity index (χ3n) is 6.17. The fourth-order valence-corrected chi connectivity index (χ4v) is 5.98. The smallest absolute Gasteiger partial charge is 0.323 e. The Kier molecular flexibility index (Phi) is 6.09. The topological polar surface area (TPSA) is 76.1 Å². The fraction of sp³-hybridized carbons (Fsp3) is 0.143. The molecule has 3 aromatic rings. The molecule has 1 amide bonds. The Balaban J connectivity index is 1.80. The lowest BCUT2D eigenvalue weighted by Crippen LogP contribution is -2.41. The van der Waals surface area contributed by atoms with E-state index in [9.17, 15) is 14.7 Å². The number of hydrogen-bond donors (Lipinski definition) is 1. The van der Waals surface area contributed by atoms with Crippen molar-refractivity contribution in [2.45, 2.75) is 11.3 Å². The minimum Gasteiger partial charge on any atom is -0.503 e. The third kappa shape index (κ3) is 3.88. The lowest BCUT2D eigenvalue weighted by atomic mass is 9.88. The van der Waals surface area contributed by atoms with Gasteiger partial charge in [-0.25, -0.2) is 0 Å². The van der Waals surface area contributed by atoms with Crippen molar-refractivity contribution in [2.75, 3.05) is 19.1 Å². The molecule has 2 aliphatic rings. The van der Waals surface area contributed by atoms with Crippen molar-refractivity contribution in [3.63, 3.8) is 0 Å². The van der Waals surface area contributed by atoms with E-state index >= 15 is 0 Å². The number of anilines is 1. The number of ether oxygens (including phenoxy) is 2. The summed E-state index contributed by atoms with van der Waals surface area (Å²) in [5.74, 6) is -0.860. The molecule has 0 saturated heterocycles. The molecule has 0 saturated carbocycles. The van der Waals surface area contributed by atoms with Crippen molar-refractivity contribution >= 4 is 39.8 Å². The third-order valence-corrected chi connectivity index (χ3v) is 7.54. The molecule has 0 spiro atoms. The number of carbonyl (C=O) groups is 2. The highest BCUT2D eigenvalue weighted by atomic mass is 32.2. The molecule has 2 atom stereocenters. The van der Waals surface area contributed by atoms with Crippen molar-refractivity contribution in [3.8, 4) is 5.75 Å². The van der Waals surface area contributed by atoms with E-state index in [0.29, 0.717) is 17.0 Å². The zero-order chi connectivity index (χ0) is 24.5. The summed E-state index contributed by atoms with van der Waals surface area (Å²) in [5.41, 5.74) is 3.56. The quantitative estimate of drug-likeness (QED) is 0.508. The Bertz CT molecular complexity index is 1330. The maximum atomic E-state index is 13.5. The molecule has 6 nitrogen and oxygen atoms in total. The maximum Gasteiger partial charge on any atom is 0.323 e. The molecule has 0 unspecified atom stereocenters. The Labute approximate surface area is 207 Å². The number of hydrogen-bond acceptors (Lipinski definition) is 6. The molecule has 1 N–H and O–H groups in total. The summed E-state index contributed by atoms with van der Waals surface area (Å²) in [4.78, 5) is 28.9.